The van der Waals surface area contributed by atoms with Crippen molar-refractivity contribution in [2.24, 2.45) is 0 Å². The van der Waals surface area contributed by atoms with Crippen molar-refractivity contribution in [3.8, 4) is 11.6 Å². The van der Waals surface area contributed by atoms with Gasteiger partial charge in [0, 0.05) is 18.8 Å². The highest BCUT2D eigenvalue weighted by Gasteiger charge is 2.28. The number of carbonyl (C=O) groups excluding carboxylic acids is 1. The fourth-order valence-electron chi connectivity index (χ4n) is 1.90. The van der Waals surface area contributed by atoms with E-state index in [0.29, 0.717) is 18.1 Å². The first-order valence-corrected chi connectivity index (χ1v) is 7.53. The normalized spacial score (nSPS) is 11.0. The van der Waals surface area contributed by atoms with E-state index in [1.54, 1.807) is 24.3 Å². The molecule has 5 nitrogen and oxygen atoms in total. The number of nitrogens with zero attached hydrogens (tertiary/aromatic N) is 1. The Morgan fingerprint density at radius 3 is 2.40 bits per heavy atom. The number of pyridine rings is 1. The van der Waals surface area contributed by atoms with Crippen molar-refractivity contribution < 1.29 is 27.4 Å². The summed E-state index contributed by atoms with van der Waals surface area (Å²) in [4.78, 5) is 16.0. The average Bonchev–Trinajstić information content (AvgIpc) is 2.59. The number of halogens is 3. The van der Waals surface area contributed by atoms with Gasteiger partial charge < -0.3 is 14.8 Å². The SMILES string of the molecule is CCOc1ccc(C(=O)NCc2ccc(OCC(F)(F)F)cc2)cn1. The molecule has 25 heavy (non-hydrogen) atoms. The standard InChI is InChI=1S/C17H17F3N2O3/c1-2-24-15-8-5-13(10-21-15)16(23)22-9-12-3-6-14(7-4-12)25-11-17(18,19)20/h3-8,10H,2,9,11H2,1H3,(H,22,23). The maximum Gasteiger partial charge on any atom is 0.422 e. The molecule has 0 aliphatic heterocycles. The van der Waals surface area contributed by atoms with Crippen LogP contribution >= 0.6 is 0 Å². The molecule has 134 valence electrons. The van der Waals surface area contributed by atoms with Gasteiger partial charge in [0.1, 0.15) is 5.75 Å². The molecule has 0 saturated carbocycles. The Hall–Kier alpha value is -2.77. The van der Waals surface area contributed by atoms with Crippen molar-refractivity contribution in [3.05, 3.63) is 53.7 Å². The first-order valence-electron chi connectivity index (χ1n) is 7.53. The molecule has 1 amide bonds. The number of alkyl halides is 3. The maximum absolute atomic E-state index is 12.1. The average molecular weight is 354 g/mol. The lowest BCUT2D eigenvalue weighted by Gasteiger charge is -2.10. The van der Waals surface area contributed by atoms with E-state index in [1.807, 2.05) is 6.92 Å². The molecular weight excluding hydrogens is 337 g/mol. The molecule has 2 rings (SSSR count). The van der Waals surface area contributed by atoms with Crippen LogP contribution in [0.4, 0.5) is 13.2 Å². The summed E-state index contributed by atoms with van der Waals surface area (Å²) < 4.78 is 46.0. The molecule has 0 fully saturated rings. The molecule has 0 saturated heterocycles. The van der Waals surface area contributed by atoms with Gasteiger partial charge >= 0.3 is 6.18 Å². The summed E-state index contributed by atoms with van der Waals surface area (Å²) in [5.74, 6) is 0.240. The zero-order chi connectivity index (χ0) is 18.3. The van der Waals surface area contributed by atoms with E-state index in [4.69, 9.17) is 4.74 Å². The lowest BCUT2D eigenvalue weighted by Crippen LogP contribution is -2.23. The van der Waals surface area contributed by atoms with Gasteiger partial charge in [-0.25, -0.2) is 4.98 Å². The molecule has 0 atom stereocenters. The molecule has 8 heteroatoms. The van der Waals surface area contributed by atoms with Crippen LogP contribution in [-0.4, -0.2) is 30.3 Å². The largest absolute Gasteiger partial charge is 0.484 e. The van der Waals surface area contributed by atoms with E-state index in [-0.39, 0.29) is 18.2 Å². The van der Waals surface area contributed by atoms with Gasteiger partial charge in [0.25, 0.3) is 5.91 Å². The minimum Gasteiger partial charge on any atom is -0.484 e. The molecular formula is C17H17F3N2O3. The monoisotopic (exact) mass is 354 g/mol. The van der Waals surface area contributed by atoms with Gasteiger partial charge in [-0.05, 0) is 30.7 Å². The van der Waals surface area contributed by atoms with Crippen LogP contribution in [0.15, 0.2) is 42.6 Å². The molecule has 1 N–H and O–H groups in total. The zero-order valence-corrected chi connectivity index (χ0v) is 13.5. The summed E-state index contributed by atoms with van der Waals surface area (Å²) in [7, 11) is 0. The third kappa shape index (κ3) is 6.33. The van der Waals surface area contributed by atoms with Gasteiger partial charge in [-0.3, -0.25) is 4.79 Å². The Labute approximate surface area is 142 Å². The van der Waals surface area contributed by atoms with Crippen LogP contribution in [-0.2, 0) is 6.54 Å². The quantitative estimate of drug-likeness (QED) is 0.828. The van der Waals surface area contributed by atoms with Crippen molar-refractivity contribution in [2.75, 3.05) is 13.2 Å². The van der Waals surface area contributed by atoms with Crippen LogP contribution in [0.1, 0.15) is 22.8 Å². The lowest BCUT2D eigenvalue weighted by atomic mass is 10.2. The minimum absolute atomic E-state index is 0.114. The summed E-state index contributed by atoms with van der Waals surface area (Å²) in [6, 6.07) is 9.22. The van der Waals surface area contributed by atoms with Crippen LogP contribution in [0.2, 0.25) is 0 Å². The molecule has 0 bridgehead atoms. The Balaban J connectivity index is 1.85. The van der Waals surface area contributed by atoms with Gasteiger partial charge in [0.2, 0.25) is 5.88 Å². The maximum atomic E-state index is 12.1. The lowest BCUT2D eigenvalue weighted by molar-refractivity contribution is -0.153. The van der Waals surface area contributed by atoms with E-state index >= 15 is 0 Å². The highest BCUT2D eigenvalue weighted by atomic mass is 19.4. The number of benzene rings is 1. The fraction of sp³-hybridized carbons (Fsp3) is 0.294. The number of nitrogens with one attached hydrogen (secondary N) is 1. The second-order valence-electron chi connectivity index (χ2n) is 5.05. The molecule has 2 aromatic rings. The van der Waals surface area contributed by atoms with Gasteiger partial charge in [-0.15, -0.1) is 0 Å². The Morgan fingerprint density at radius 1 is 1.12 bits per heavy atom. The number of amides is 1. The van der Waals surface area contributed by atoms with Crippen molar-refractivity contribution in [3.63, 3.8) is 0 Å². The van der Waals surface area contributed by atoms with Crippen molar-refractivity contribution in [1.29, 1.82) is 0 Å². The number of rotatable bonds is 7. The predicted molar refractivity (Wildman–Crippen MR) is 84.6 cm³/mol. The van der Waals surface area contributed by atoms with Crippen LogP contribution < -0.4 is 14.8 Å². The first kappa shape index (κ1) is 18.6. The smallest absolute Gasteiger partial charge is 0.422 e. The molecule has 0 aliphatic carbocycles. The minimum atomic E-state index is -4.38. The van der Waals surface area contributed by atoms with Crippen LogP contribution in [0, 0.1) is 0 Å². The van der Waals surface area contributed by atoms with Crippen LogP contribution in [0.25, 0.3) is 0 Å². The number of hydrogen-bond donors (Lipinski definition) is 1. The van der Waals surface area contributed by atoms with E-state index in [9.17, 15) is 18.0 Å². The van der Waals surface area contributed by atoms with Gasteiger partial charge in [-0.1, -0.05) is 12.1 Å². The molecule has 1 heterocycles. The highest BCUT2D eigenvalue weighted by molar-refractivity contribution is 5.93. The molecule has 0 spiro atoms. The van der Waals surface area contributed by atoms with Crippen molar-refractivity contribution in [2.45, 2.75) is 19.6 Å². The molecule has 1 aromatic carbocycles. The summed E-state index contributed by atoms with van der Waals surface area (Å²) >= 11 is 0. The topological polar surface area (TPSA) is 60.5 Å². The fourth-order valence-corrected chi connectivity index (χ4v) is 1.90. The second-order valence-corrected chi connectivity index (χ2v) is 5.05. The Kier molecular flexibility index (Phi) is 6.21. The predicted octanol–water partition coefficient (Wildman–Crippen LogP) is 3.35. The van der Waals surface area contributed by atoms with E-state index in [0.717, 1.165) is 5.56 Å². The third-order valence-corrected chi connectivity index (χ3v) is 3.07. The van der Waals surface area contributed by atoms with Crippen molar-refractivity contribution in [1.82, 2.24) is 10.3 Å². The van der Waals surface area contributed by atoms with Gasteiger partial charge in [-0.2, -0.15) is 13.2 Å². The number of carbonyl (C=O) groups is 1. The van der Waals surface area contributed by atoms with Gasteiger partial charge in [0.05, 0.1) is 12.2 Å². The van der Waals surface area contributed by atoms with Crippen LogP contribution in [0.5, 0.6) is 11.6 Å². The first-order chi connectivity index (χ1) is 11.9. The summed E-state index contributed by atoms with van der Waals surface area (Å²) in [5.41, 5.74) is 1.11. The Bertz CT molecular complexity index is 686. The summed E-state index contributed by atoms with van der Waals surface area (Å²) in [6.07, 6.45) is -2.97. The molecule has 0 radical (unpaired) electrons. The Morgan fingerprint density at radius 2 is 1.84 bits per heavy atom. The molecule has 1 aromatic heterocycles. The third-order valence-electron chi connectivity index (χ3n) is 3.07. The van der Waals surface area contributed by atoms with Crippen molar-refractivity contribution >= 4 is 5.91 Å². The van der Waals surface area contributed by atoms with E-state index < -0.39 is 12.8 Å². The summed E-state index contributed by atoms with van der Waals surface area (Å²) in [5, 5.41) is 2.70. The van der Waals surface area contributed by atoms with E-state index in [2.05, 4.69) is 15.0 Å². The number of hydrogen-bond acceptors (Lipinski definition) is 4. The second kappa shape index (κ2) is 8.36. The molecule has 0 aliphatic rings. The molecule has 0 unspecified atom stereocenters. The number of aromatic nitrogens is 1. The van der Waals surface area contributed by atoms with Gasteiger partial charge in [0.15, 0.2) is 6.61 Å². The van der Waals surface area contributed by atoms with Crippen LogP contribution in [0.3, 0.4) is 0 Å². The van der Waals surface area contributed by atoms with E-state index in [1.165, 1.54) is 18.3 Å². The zero-order valence-electron chi connectivity index (χ0n) is 13.5. The highest BCUT2D eigenvalue weighted by Crippen LogP contribution is 2.18. The number of ether oxygens (including phenoxy) is 2. The summed E-state index contributed by atoms with van der Waals surface area (Å²) in [6.45, 7) is 1.21.